The summed E-state index contributed by atoms with van der Waals surface area (Å²) in [7, 11) is 1.65. The molecule has 0 aliphatic carbocycles. The highest BCUT2D eigenvalue weighted by molar-refractivity contribution is 6.35. The molecule has 0 N–H and O–H groups in total. The van der Waals surface area contributed by atoms with Gasteiger partial charge >= 0.3 is 0 Å². The Hall–Kier alpha value is -2.43. The average Bonchev–Trinajstić information content (AvgIpc) is 2.82. The van der Waals surface area contributed by atoms with E-state index >= 15 is 0 Å². The molecule has 1 aliphatic rings. The molecular weight excluding hydrogens is 447 g/mol. The lowest BCUT2D eigenvalue weighted by atomic mass is 10.0. The molecule has 0 atom stereocenters. The summed E-state index contributed by atoms with van der Waals surface area (Å²) >= 11 is 12.6. The number of methoxy groups -OCH3 is 1. The number of halogens is 2. The molecule has 0 radical (unpaired) electrons. The van der Waals surface area contributed by atoms with Crippen molar-refractivity contribution >= 4 is 34.0 Å². The minimum atomic E-state index is 0.448. The Morgan fingerprint density at radius 1 is 1.09 bits per heavy atom. The van der Waals surface area contributed by atoms with Gasteiger partial charge in [0.1, 0.15) is 5.75 Å². The van der Waals surface area contributed by atoms with Crippen molar-refractivity contribution in [2.24, 2.45) is 0 Å². The lowest BCUT2D eigenvalue weighted by Crippen LogP contribution is -2.36. The lowest BCUT2D eigenvalue weighted by Gasteiger charge is -2.26. The van der Waals surface area contributed by atoms with Gasteiger partial charge < -0.3 is 9.47 Å². The third kappa shape index (κ3) is 5.31. The van der Waals surface area contributed by atoms with Gasteiger partial charge in [0.25, 0.3) is 0 Å². The van der Waals surface area contributed by atoms with E-state index in [2.05, 4.69) is 31.9 Å². The Morgan fingerprint density at radius 3 is 2.62 bits per heavy atom. The maximum absolute atomic E-state index is 6.32. The molecule has 4 rings (SSSR count). The van der Waals surface area contributed by atoms with Gasteiger partial charge in [0.2, 0.25) is 0 Å². The molecule has 6 nitrogen and oxygen atoms in total. The molecule has 1 aliphatic heterocycles. The Morgan fingerprint density at radius 2 is 1.88 bits per heavy atom. The van der Waals surface area contributed by atoms with Gasteiger partial charge in [0.15, 0.2) is 0 Å². The number of benzene rings is 1. The van der Waals surface area contributed by atoms with Crippen molar-refractivity contribution in [1.82, 2.24) is 20.1 Å². The van der Waals surface area contributed by atoms with E-state index < -0.39 is 0 Å². The number of pyridine rings is 1. The fourth-order valence-corrected chi connectivity index (χ4v) is 4.26. The first kappa shape index (κ1) is 22.8. The van der Waals surface area contributed by atoms with Crippen LogP contribution in [0.4, 0.5) is 0 Å². The van der Waals surface area contributed by atoms with Crippen molar-refractivity contribution in [3.63, 3.8) is 0 Å². The van der Waals surface area contributed by atoms with Crippen LogP contribution in [0.5, 0.6) is 5.75 Å². The molecule has 1 aromatic carbocycles. The molecule has 0 spiro atoms. The molecule has 0 amide bonds. The zero-order valence-corrected chi connectivity index (χ0v) is 19.4. The van der Waals surface area contributed by atoms with Crippen molar-refractivity contribution in [3.05, 3.63) is 57.6 Å². The smallest absolute Gasteiger partial charge is 0.135 e. The van der Waals surface area contributed by atoms with Gasteiger partial charge in [0.05, 0.1) is 47.8 Å². The summed E-state index contributed by atoms with van der Waals surface area (Å²) in [6.07, 6.45) is 7.17. The predicted octanol–water partition coefficient (Wildman–Crippen LogP) is 4.39. The van der Waals surface area contributed by atoms with E-state index in [0.29, 0.717) is 16.5 Å². The normalized spacial score (nSPS) is 14.2. The summed E-state index contributed by atoms with van der Waals surface area (Å²) in [4.78, 5) is 6.44. The number of morpholine rings is 1. The van der Waals surface area contributed by atoms with E-state index in [1.54, 1.807) is 25.7 Å². The van der Waals surface area contributed by atoms with Gasteiger partial charge in [-0.25, -0.2) is 0 Å². The van der Waals surface area contributed by atoms with Gasteiger partial charge in [-0.15, -0.1) is 0 Å². The highest BCUT2D eigenvalue weighted by Gasteiger charge is 2.15. The molecule has 0 saturated carbocycles. The Bertz CT molecular complexity index is 1130. The second-order valence-corrected chi connectivity index (χ2v) is 8.33. The first-order valence-electron chi connectivity index (χ1n) is 10.6. The Kier molecular flexibility index (Phi) is 7.77. The first-order chi connectivity index (χ1) is 15.7. The standard InChI is InChI=1S/C24H24Cl2N4O2/c1-31-24-7-6-17-20(18(24)5-3-2-4-8-30-9-11-32-12-10-30)14-28-29-23(17)13-19-21(25)15-27-16-22(19)26/h6-7,14-16H,2,4,8-13H2,1H3. The van der Waals surface area contributed by atoms with Crippen LogP contribution in [-0.4, -0.2) is 60.0 Å². The van der Waals surface area contributed by atoms with Crippen LogP contribution < -0.4 is 4.74 Å². The molecular formula is C24H24Cl2N4O2. The van der Waals surface area contributed by atoms with Crippen molar-refractivity contribution < 1.29 is 9.47 Å². The van der Waals surface area contributed by atoms with Gasteiger partial charge in [-0.05, 0) is 30.7 Å². The van der Waals surface area contributed by atoms with Crippen molar-refractivity contribution in [1.29, 1.82) is 0 Å². The monoisotopic (exact) mass is 470 g/mol. The van der Waals surface area contributed by atoms with E-state index in [4.69, 9.17) is 32.7 Å². The maximum Gasteiger partial charge on any atom is 0.135 e. The summed E-state index contributed by atoms with van der Waals surface area (Å²) < 4.78 is 11.0. The predicted molar refractivity (Wildman–Crippen MR) is 127 cm³/mol. The number of nitrogens with zero attached hydrogens (tertiary/aromatic N) is 4. The highest BCUT2D eigenvalue weighted by Crippen LogP contribution is 2.31. The molecule has 8 heteroatoms. The molecule has 3 heterocycles. The van der Waals surface area contributed by atoms with Gasteiger partial charge in [-0.3, -0.25) is 9.88 Å². The molecule has 1 fully saturated rings. The van der Waals surface area contributed by atoms with Crippen LogP contribution >= 0.6 is 23.2 Å². The minimum Gasteiger partial charge on any atom is -0.495 e. The first-order valence-corrected chi connectivity index (χ1v) is 11.3. The molecule has 2 aromatic heterocycles. The third-order valence-electron chi connectivity index (χ3n) is 5.49. The van der Waals surface area contributed by atoms with E-state index in [9.17, 15) is 0 Å². The lowest BCUT2D eigenvalue weighted by molar-refractivity contribution is 0.0376. The fourth-order valence-electron chi connectivity index (χ4n) is 3.77. The summed E-state index contributed by atoms with van der Waals surface area (Å²) in [5.74, 6) is 7.34. The third-order valence-corrected chi connectivity index (χ3v) is 6.14. The van der Waals surface area contributed by atoms with Crippen LogP contribution in [0.25, 0.3) is 10.8 Å². The quantitative estimate of drug-likeness (QED) is 0.393. The van der Waals surface area contributed by atoms with Crippen molar-refractivity contribution in [3.8, 4) is 17.6 Å². The van der Waals surface area contributed by atoms with E-state index in [0.717, 1.165) is 79.0 Å². The second kappa shape index (κ2) is 10.9. The Balaban J connectivity index is 1.58. The zero-order valence-electron chi connectivity index (χ0n) is 17.9. The number of unbranched alkanes of at least 4 members (excludes halogenated alkanes) is 1. The van der Waals surface area contributed by atoms with Crippen LogP contribution in [0, 0.1) is 11.8 Å². The van der Waals surface area contributed by atoms with Crippen molar-refractivity contribution in [2.75, 3.05) is 40.0 Å². The number of hydrogen-bond acceptors (Lipinski definition) is 6. The SMILES string of the molecule is COc1ccc2c(Cc3c(Cl)cncc3Cl)nncc2c1C#CCCCN1CCOCC1. The van der Waals surface area contributed by atoms with E-state index in [1.165, 1.54) is 0 Å². The summed E-state index contributed by atoms with van der Waals surface area (Å²) in [5, 5.41) is 11.4. The molecule has 0 bridgehead atoms. The number of hydrogen-bond donors (Lipinski definition) is 0. The number of aromatic nitrogens is 3. The summed E-state index contributed by atoms with van der Waals surface area (Å²) in [6, 6.07) is 3.89. The van der Waals surface area contributed by atoms with Crippen molar-refractivity contribution in [2.45, 2.75) is 19.3 Å². The average molecular weight is 471 g/mol. The second-order valence-electron chi connectivity index (χ2n) is 7.51. The molecule has 166 valence electrons. The zero-order chi connectivity index (χ0) is 22.3. The van der Waals surface area contributed by atoms with E-state index in [-0.39, 0.29) is 0 Å². The summed E-state index contributed by atoms with van der Waals surface area (Å²) in [6.45, 7) is 4.67. The van der Waals surface area contributed by atoms with E-state index in [1.807, 2.05) is 12.1 Å². The van der Waals surface area contributed by atoms with Crippen LogP contribution in [0.3, 0.4) is 0 Å². The topological polar surface area (TPSA) is 60.4 Å². The maximum atomic E-state index is 6.32. The molecule has 0 unspecified atom stereocenters. The van der Waals surface area contributed by atoms with Gasteiger partial charge in [-0.1, -0.05) is 35.0 Å². The molecule has 3 aromatic rings. The fraction of sp³-hybridized carbons (Fsp3) is 0.375. The van der Waals surface area contributed by atoms with Crippen LogP contribution in [-0.2, 0) is 11.2 Å². The largest absolute Gasteiger partial charge is 0.495 e. The molecule has 1 saturated heterocycles. The Labute approximate surface area is 197 Å². The van der Waals surface area contributed by atoms with Gasteiger partial charge in [0, 0.05) is 49.1 Å². The number of ether oxygens (including phenoxy) is 2. The number of rotatable bonds is 6. The van der Waals surface area contributed by atoms with Crippen LogP contribution in [0.2, 0.25) is 10.0 Å². The number of fused-ring (bicyclic) bond motifs is 1. The molecule has 32 heavy (non-hydrogen) atoms. The highest BCUT2D eigenvalue weighted by atomic mass is 35.5. The summed E-state index contributed by atoms with van der Waals surface area (Å²) in [5.41, 5.74) is 2.37. The van der Waals surface area contributed by atoms with Gasteiger partial charge in [-0.2, -0.15) is 10.2 Å². The van der Waals surface area contributed by atoms with Crippen LogP contribution in [0.15, 0.2) is 30.7 Å². The minimum absolute atomic E-state index is 0.448. The van der Waals surface area contributed by atoms with Crippen LogP contribution in [0.1, 0.15) is 29.7 Å².